The van der Waals surface area contributed by atoms with E-state index in [0.29, 0.717) is 12.6 Å². The fourth-order valence-corrected chi connectivity index (χ4v) is 3.04. The van der Waals surface area contributed by atoms with Crippen LogP contribution < -0.4 is 5.32 Å². The first-order chi connectivity index (χ1) is 10.3. The third-order valence-electron chi connectivity index (χ3n) is 3.56. The van der Waals surface area contributed by atoms with Crippen LogP contribution >= 0.6 is 15.9 Å². The zero-order valence-electron chi connectivity index (χ0n) is 13.4. The molecule has 0 aromatic carbocycles. The lowest BCUT2D eigenvalue weighted by Crippen LogP contribution is -2.41. The van der Waals surface area contributed by atoms with Crippen molar-refractivity contribution in [2.75, 3.05) is 13.1 Å². The van der Waals surface area contributed by atoms with Crippen LogP contribution in [-0.2, 0) is 11.3 Å². The fraction of sp³-hybridized carbons (Fsp3) is 0.625. The molecular formula is C16H24BrN3O2. The maximum Gasteiger partial charge on any atom is 0.407 e. The number of hydrogen-bond acceptors (Lipinski definition) is 4. The largest absolute Gasteiger partial charge is 0.444 e. The Morgan fingerprint density at radius 2 is 2.32 bits per heavy atom. The van der Waals surface area contributed by atoms with E-state index in [0.717, 1.165) is 30.5 Å². The van der Waals surface area contributed by atoms with Crippen molar-refractivity contribution < 1.29 is 9.53 Å². The van der Waals surface area contributed by atoms with Gasteiger partial charge in [0.1, 0.15) is 10.2 Å². The Hall–Kier alpha value is -1.14. The van der Waals surface area contributed by atoms with Gasteiger partial charge in [-0.3, -0.25) is 4.90 Å². The first kappa shape index (κ1) is 17.2. The molecule has 1 amide bonds. The lowest BCUT2D eigenvalue weighted by atomic mass is 10.2. The number of rotatable bonds is 4. The van der Waals surface area contributed by atoms with E-state index in [1.807, 2.05) is 39.1 Å². The quantitative estimate of drug-likeness (QED) is 0.826. The van der Waals surface area contributed by atoms with E-state index >= 15 is 0 Å². The number of ether oxygens (including phenoxy) is 1. The molecule has 1 N–H and O–H groups in total. The highest BCUT2D eigenvalue weighted by molar-refractivity contribution is 9.10. The van der Waals surface area contributed by atoms with Gasteiger partial charge in [0.25, 0.3) is 0 Å². The van der Waals surface area contributed by atoms with E-state index in [4.69, 9.17) is 4.74 Å². The van der Waals surface area contributed by atoms with Crippen LogP contribution in [0.1, 0.15) is 39.2 Å². The summed E-state index contributed by atoms with van der Waals surface area (Å²) in [6.07, 6.45) is 3.73. The average Bonchev–Trinajstić information content (AvgIpc) is 2.82. The molecule has 1 aliphatic heterocycles. The van der Waals surface area contributed by atoms with Gasteiger partial charge in [0.2, 0.25) is 0 Å². The highest BCUT2D eigenvalue weighted by Gasteiger charge is 2.25. The number of nitrogens with one attached hydrogen (secondary N) is 1. The standard InChI is InChI=1S/C16H24BrN3O2/c1-16(2,3)22-15(21)19-10-13-5-4-8-20(13)11-12-6-7-18-14(17)9-12/h6-7,9,13H,4-5,8,10-11H2,1-3H3,(H,19,21)/t13-/m0/s1. The van der Waals surface area contributed by atoms with Crippen molar-refractivity contribution in [3.63, 3.8) is 0 Å². The Balaban J connectivity index is 1.84. The maximum absolute atomic E-state index is 11.8. The maximum atomic E-state index is 11.8. The van der Waals surface area contributed by atoms with E-state index in [-0.39, 0.29) is 6.09 Å². The van der Waals surface area contributed by atoms with Gasteiger partial charge in [-0.15, -0.1) is 0 Å². The molecule has 0 spiro atoms. The van der Waals surface area contributed by atoms with Crippen molar-refractivity contribution in [1.82, 2.24) is 15.2 Å². The molecule has 2 rings (SSSR count). The summed E-state index contributed by atoms with van der Waals surface area (Å²) in [4.78, 5) is 18.3. The molecule has 5 nitrogen and oxygen atoms in total. The summed E-state index contributed by atoms with van der Waals surface area (Å²) in [6, 6.07) is 4.43. The van der Waals surface area contributed by atoms with Gasteiger partial charge in [-0.2, -0.15) is 0 Å². The molecule has 22 heavy (non-hydrogen) atoms. The number of carbonyl (C=O) groups excluding carboxylic acids is 1. The second-order valence-electron chi connectivity index (χ2n) is 6.64. The summed E-state index contributed by atoms with van der Waals surface area (Å²) in [7, 11) is 0. The number of halogens is 1. The predicted octanol–water partition coefficient (Wildman–Crippen LogP) is 3.33. The molecule has 1 fully saturated rings. The van der Waals surface area contributed by atoms with Gasteiger partial charge in [0, 0.05) is 25.3 Å². The third kappa shape index (κ3) is 5.57. The first-order valence-electron chi connectivity index (χ1n) is 7.65. The molecular weight excluding hydrogens is 346 g/mol. The minimum absolute atomic E-state index is 0.342. The Kier molecular flexibility index (Phi) is 5.81. The van der Waals surface area contributed by atoms with Crippen molar-refractivity contribution >= 4 is 22.0 Å². The van der Waals surface area contributed by atoms with Crippen LogP contribution in [0.4, 0.5) is 4.79 Å². The molecule has 6 heteroatoms. The lowest BCUT2D eigenvalue weighted by Gasteiger charge is -2.26. The summed E-state index contributed by atoms with van der Waals surface area (Å²) >= 11 is 3.40. The van der Waals surface area contributed by atoms with Gasteiger partial charge < -0.3 is 10.1 Å². The molecule has 1 aromatic rings. The minimum atomic E-state index is -0.456. The Morgan fingerprint density at radius 3 is 3.00 bits per heavy atom. The summed E-state index contributed by atoms with van der Waals surface area (Å²) in [5, 5.41) is 2.88. The second kappa shape index (κ2) is 7.42. The topological polar surface area (TPSA) is 54.5 Å². The molecule has 0 unspecified atom stereocenters. The number of hydrogen-bond donors (Lipinski definition) is 1. The zero-order chi connectivity index (χ0) is 16.2. The predicted molar refractivity (Wildman–Crippen MR) is 89.6 cm³/mol. The molecule has 1 aromatic heterocycles. The normalized spacial score (nSPS) is 19.2. The number of pyridine rings is 1. The Bertz CT molecular complexity index is 516. The lowest BCUT2D eigenvalue weighted by molar-refractivity contribution is 0.0512. The van der Waals surface area contributed by atoms with E-state index in [2.05, 4.69) is 31.1 Å². The van der Waals surface area contributed by atoms with E-state index in [1.54, 1.807) is 0 Å². The van der Waals surface area contributed by atoms with Gasteiger partial charge in [-0.25, -0.2) is 9.78 Å². The van der Waals surface area contributed by atoms with Crippen LogP contribution in [0.2, 0.25) is 0 Å². The van der Waals surface area contributed by atoms with Crippen LogP contribution in [0, 0.1) is 0 Å². The van der Waals surface area contributed by atoms with Gasteiger partial charge in [-0.05, 0) is 73.8 Å². The third-order valence-corrected chi connectivity index (χ3v) is 3.99. The number of carbonyl (C=O) groups is 1. The zero-order valence-corrected chi connectivity index (χ0v) is 15.0. The molecule has 1 atom stereocenters. The highest BCUT2D eigenvalue weighted by atomic mass is 79.9. The number of amides is 1. The summed E-state index contributed by atoms with van der Waals surface area (Å²) in [5.74, 6) is 0. The smallest absolute Gasteiger partial charge is 0.407 e. The van der Waals surface area contributed by atoms with Crippen LogP contribution in [0.25, 0.3) is 0 Å². The van der Waals surface area contributed by atoms with Crippen molar-refractivity contribution in [3.05, 3.63) is 28.5 Å². The number of alkyl carbamates (subject to hydrolysis) is 1. The molecule has 1 aliphatic rings. The fourth-order valence-electron chi connectivity index (χ4n) is 2.63. The minimum Gasteiger partial charge on any atom is -0.444 e. The summed E-state index contributed by atoms with van der Waals surface area (Å²) in [5.41, 5.74) is 0.772. The molecule has 0 saturated carbocycles. The highest BCUT2D eigenvalue weighted by Crippen LogP contribution is 2.20. The van der Waals surface area contributed by atoms with Crippen LogP contribution in [0.5, 0.6) is 0 Å². The van der Waals surface area contributed by atoms with Gasteiger partial charge in [0.05, 0.1) is 0 Å². The van der Waals surface area contributed by atoms with Crippen molar-refractivity contribution in [1.29, 1.82) is 0 Å². The van der Waals surface area contributed by atoms with Crippen LogP contribution in [0.3, 0.4) is 0 Å². The van der Waals surface area contributed by atoms with Crippen molar-refractivity contribution in [2.24, 2.45) is 0 Å². The Morgan fingerprint density at radius 1 is 1.55 bits per heavy atom. The van der Waals surface area contributed by atoms with E-state index in [9.17, 15) is 4.79 Å². The summed E-state index contributed by atoms with van der Waals surface area (Å²) < 4.78 is 6.14. The summed E-state index contributed by atoms with van der Waals surface area (Å²) in [6.45, 7) is 8.17. The first-order valence-corrected chi connectivity index (χ1v) is 8.44. The molecule has 0 aliphatic carbocycles. The molecule has 1 saturated heterocycles. The average molecular weight is 370 g/mol. The van der Waals surface area contributed by atoms with E-state index in [1.165, 1.54) is 5.56 Å². The Labute approximate surface area is 140 Å². The number of likely N-dealkylation sites (tertiary alicyclic amines) is 1. The monoisotopic (exact) mass is 369 g/mol. The second-order valence-corrected chi connectivity index (χ2v) is 7.45. The van der Waals surface area contributed by atoms with Crippen molar-refractivity contribution in [2.45, 2.75) is 51.8 Å². The number of nitrogens with zero attached hydrogens (tertiary/aromatic N) is 2. The van der Waals surface area contributed by atoms with Gasteiger partial charge in [0.15, 0.2) is 0 Å². The van der Waals surface area contributed by atoms with Crippen molar-refractivity contribution in [3.8, 4) is 0 Å². The number of aromatic nitrogens is 1. The SMILES string of the molecule is CC(C)(C)OC(=O)NC[C@@H]1CCCN1Cc1ccnc(Br)c1. The molecule has 0 radical (unpaired) electrons. The van der Waals surface area contributed by atoms with Crippen LogP contribution in [-0.4, -0.2) is 40.7 Å². The van der Waals surface area contributed by atoms with E-state index < -0.39 is 5.60 Å². The van der Waals surface area contributed by atoms with Gasteiger partial charge >= 0.3 is 6.09 Å². The van der Waals surface area contributed by atoms with Crippen LogP contribution in [0.15, 0.2) is 22.9 Å². The molecule has 122 valence electrons. The molecule has 2 heterocycles. The molecule has 0 bridgehead atoms. The van der Waals surface area contributed by atoms with Gasteiger partial charge in [-0.1, -0.05) is 0 Å².